The summed E-state index contributed by atoms with van der Waals surface area (Å²) in [6.45, 7) is 6.06. The minimum atomic E-state index is -4.43. The number of halogens is 3. The maximum atomic E-state index is 12.6. The largest absolute Gasteiger partial charge is 0.416 e. The number of aromatic nitrogens is 3. The maximum Gasteiger partial charge on any atom is 0.416 e. The van der Waals surface area contributed by atoms with Crippen LogP contribution in [0.15, 0.2) is 29.4 Å². The van der Waals surface area contributed by atoms with Crippen LogP contribution in [-0.2, 0) is 11.6 Å². The predicted octanol–water partition coefficient (Wildman–Crippen LogP) is 4.04. The molecule has 0 aliphatic heterocycles. The molecule has 0 aliphatic rings. The second kappa shape index (κ2) is 9.58. The van der Waals surface area contributed by atoms with Crippen LogP contribution < -0.4 is 10.6 Å². The third-order valence-corrected chi connectivity index (χ3v) is 4.83. The van der Waals surface area contributed by atoms with Gasteiger partial charge in [0, 0.05) is 37.5 Å². The SMILES string of the molecule is CN(C)C(=O)n1nc(C(C)(C)C)nc1SCCNC(=O)Nc1ccc(C(F)(F)F)cc1. The fraction of sp³-hybridized carbons (Fsp3) is 0.474. The summed E-state index contributed by atoms with van der Waals surface area (Å²) in [4.78, 5) is 30.2. The molecule has 0 saturated carbocycles. The van der Waals surface area contributed by atoms with Crippen LogP contribution in [0, 0.1) is 0 Å². The van der Waals surface area contributed by atoms with Crippen molar-refractivity contribution in [3.63, 3.8) is 0 Å². The number of anilines is 1. The van der Waals surface area contributed by atoms with Gasteiger partial charge in [-0.15, -0.1) is 5.10 Å². The Labute approximate surface area is 182 Å². The van der Waals surface area contributed by atoms with Crippen molar-refractivity contribution in [2.24, 2.45) is 0 Å². The molecule has 2 rings (SSSR count). The number of amides is 3. The number of carbonyl (C=O) groups excluding carboxylic acids is 2. The molecule has 0 spiro atoms. The number of nitrogens with one attached hydrogen (secondary N) is 2. The van der Waals surface area contributed by atoms with Gasteiger partial charge in [-0.3, -0.25) is 0 Å². The van der Waals surface area contributed by atoms with E-state index in [0.29, 0.717) is 16.7 Å². The molecule has 3 amide bonds. The molecule has 2 N–H and O–H groups in total. The first kappa shape index (κ1) is 24.5. The highest BCUT2D eigenvalue weighted by molar-refractivity contribution is 7.99. The highest BCUT2D eigenvalue weighted by atomic mass is 32.2. The second-order valence-electron chi connectivity index (χ2n) is 7.86. The quantitative estimate of drug-likeness (QED) is 0.521. The number of benzene rings is 1. The van der Waals surface area contributed by atoms with E-state index in [-0.39, 0.29) is 23.7 Å². The van der Waals surface area contributed by atoms with Crippen molar-refractivity contribution in [3.05, 3.63) is 35.7 Å². The predicted molar refractivity (Wildman–Crippen MR) is 112 cm³/mol. The number of alkyl halides is 3. The van der Waals surface area contributed by atoms with Crippen molar-refractivity contribution in [1.82, 2.24) is 25.0 Å². The normalized spacial score (nSPS) is 11.9. The van der Waals surface area contributed by atoms with Crippen LogP contribution in [-0.4, -0.2) is 58.1 Å². The van der Waals surface area contributed by atoms with Gasteiger partial charge in [0.2, 0.25) is 0 Å². The van der Waals surface area contributed by atoms with E-state index >= 15 is 0 Å². The van der Waals surface area contributed by atoms with Crippen molar-refractivity contribution < 1.29 is 22.8 Å². The molecule has 31 heavy (non-hydrogen) atoms. The van der Waals surface area contributed by atoms with E-state index in [4.69, 9.17) is 0 Å². The fourth-order valence-electron chi connectivity index (χ4n) is 2.25. The molecule has 0 radical (unpaired) electrons. The summed E-state index contributed by atoms with van der Waals surface area (Å²) in [6.07, 6.45) is -4.43. The number of nitrogens with zero attached hydrogens (tertiary/aromatic N) is 4. The van der Waals surface area contributed by atoms with E-state index in [1.807, 2.05) is 20.8 Å². The lowest BCUT2D eigenvalue weighted by atomic mass is 9.96. The highest BCUT2D eigenvalue weighted by Gasteiger charge is 2.30. The molecule has 2 aromatic rings. The van der Waals surface area contributed by atoms with Gasteiger partial charge in [-0.1, -0.05) is 32.5 Å². The zero-order valence-corrected chi connectivity index (χ0v) is 18.7. The fourth-order valence-corrected chi connectivity index (χ4v) is 3.03. The van der Waals surface area contributed by atoms with Gasteiger partial charge in [-0.05, 0) is 24.3 Å². The van der Waals surface area contributed by atoms with Crippen LogP contribution in [0.4, 0.5) is 28.4 Å². The van der Waals surface area contributed by atoms with Crippen LogP contribution in [0.25, 0.3) is 0 Å². The Morgan fingerprint density at radius 3 is 2.26 bits per heavy atom. The lowest BCUT2D eigenvalue weighted by molar-refractivity contribution is -0.137. The van der Waals surface area contributed by atoms with E-state index in [1.165, 1.54) is 33.5 Å². The molecule has 12 heteroatoms. The zero-order valence-electron chi connectivity index (χ0n) is 17.9. The molecule has 8 nitrogen and oxygen atoms in total. The summed E-state index contributed by atoms with van der Waals surface area (Å²) in [5.74, 6) is 0.932. The van der Waals surface area contributed by atoms with Crippen molar-refractivity contribution >= 4 is 29.5 Å². The van der Waals surface area contributed by atoms with Crippen LogP contribution in [0.3, 0.4) is 0 Å². The van der Waals surface area contributed by atoms with Gasteiger partial charge in [-0.25, -0.2) is 14.6 Å². The number of thioether (sulfide) groups is 1. The molecule has 0 unspecified atom stereocenters. The van der Waals surface area contributed by atoms with Crippen molar-refractivity contribution in [2.45, 2.75) is 37.5 Å². The summed E-state index contributed by atoms with van der Waals surface area (Å²) in [5, 5.41) is 9.80. The van der Waals surface area contributed by atoms with E-state index in [1.54, 1.807) is 14.1 Å². The first-order chi connectivity index (χ1) is 14.3. The van der Waals surface area contributed by atoms with Gasteiger partial charge in [0.1, 0.15) is 0 Å². The first-order valence-electron chi connectivity index (χ1n) is 9.33. The Morgan fingerprint density at radius 2 is 1.74 bits per heavy atom. The number of carbonyl (C=O) groups is 2. The topological polar surface area (TPSA) is 92.2 Å². The third kappa shape index (κ3) is 6.88. The second-order valence-corrected chi connectivity index (χ2v) is 8.92. The Morgan fingerprint density at radius 1 is 1.13 bits per heavy atom. The van der Waals surface area contributed by atoms with Crippen molar-refractivity contribution in [1.29, 1.82) is 0 Å². The minimum absolute atomic E-state index is 0.240. The van der Waals surface area contributed by atoms with Gasteiger partial charge in [0.05, 0.1) is 5.56 Å². The van der Waals surface area contributed by atoms with Crippen LogP contribution in [0.1, 0.15) is 32.2 Å². The molecular weight excluding hydrogens is 433 g/mol. The molecule has 1 aromatic heterocycles. The first-order valence-corrected chi connectivity index (χ1v) is 10.3. The Hall–Kier alpha value is -2.76. The Kier molecular flexibility index (Phi) is 7.58. The van der Waals surface area contributed by atoms with Gasteiger partial charge in [0.25, 0.3) is 0 Å². The Bertz CT molecular complexity index is 920. The molecule has 0 atom stereocenters. The zero-order chi connectivity index (χ0) is 23.4. The summed E-state index contributed by atoms with van der Waals surface area (Å²) in [7, 11) is 3.23. The lowest BCUT2D eigenvalue weighted by Crippen LogP contribution is -2.31. The van der Waals surface area contributed by atoms with Gasteiger partial charge in [-0.2, -0.15) is 17.9 Å². The molecule has 170 valence electrons. The number of rotatable bonds is 5. The summed E-state index contributed by atoms with van der Waals surface area (Å²) >= 11 is 1.26. The van der Waals surface area contributed by atoms with Crippen molar-refractivity contribution in [3.8, 4) is 0 Å². The minimum Gasteiger partial charge on any atom is -0.337 e. The molecule has 1 heterocycles. The molecule has 0 fully saturated rings. The van der Waals surface area contributed by atoms with E-state index in [0.717, 1.165) is 12.1 Å². The standard InChI is InChI=1S/C19H25F3N6O2S/c1-18(2,3)14-25-16(28(26-14)17(30)27(4)5)31-11-10-23-15(29)24-13-8-6-12(7-9-13)19(20,21)22/h6-9H,10-11H2,1-5H3,(H2,23,24,29). The number of urea groups is 1. The molecule has 0 saturated heterocycles. The van der Waals surface area contributed by atoms with Crippen molar-refractivity contribution in [2.75, 3.05) is 31.7 Å². The summed E-state index contributed by atoms with van der Waals surface area (Å²) < 4.78 is 39.0. The van der Waals surface area contributed by atoms with E-state index < -0.39 is 17.8 Å². The van der Waals surface area contributed by atoms with Gasteiger partial charge >= 0.3 is 18.2 Å². The smallest absolute Gasteiger partial charge is 0.337 e. The lowest BCUT2D eigenvalue weighted by Gasteiger charge is -2.13. The monoisotopic (exact) mass is 458 g/mol. The maximum absolute atomic E-state index is 12.6. The third-order valence-electron chi connectivity index (χ3n) is 3.90. The molecule has 1 aromatic carbocycles. The van der Waals surface area contributed by atoms with Gasteiger partial charge < -0.3 is 15.5 Å². The van der Waals surface area contributed by atoms with E-state index in [2.05, 4.69) is 20.7 Å². The van der Waals surface area contributed by atoms with Crippen LogP contribution >= 0.6 is 11.8 Å². The van der Waals surface area contributed by atoms with Crippen LogP contribution in [0.5, 0.6) is 0 Å². The Balaban J connectivity index is 1.91. The highest BCUT2D eigenvalue weighted by Crippen LogP contribution is 2.29. The summed E-state index contributed by atoms with van der Waals surface area (Å²) in [6, 6.07) is 3.26. The number of hydrogen-bond donors (Lipinski definition) is 2. The average molecular weight is 459 g/mol. The molecular formula is C19H25F3N6O2S. The number of hydrogen-bond acceptors (Lipinski definition) is 5. The molecule has 0 aliphatic carbocycles. The van der Waals surface area contributed by atoms with E-state index in [9.17, 15) is 22.8 Å². The average Bonchev–Trinajstić information content (AvgIpc) is 3.08. The molecule has 0 bridgehead atoms. The summed E-state index contributed by atoms with van der Waals surface area (Å²) in [5.41, 5.74) is -0.891. The van der Waals surface area contributed by atoms with Gasteiger partial charge in [0.15, 0.2) is 11.0 Å². The van der Waals surface area contributed by atoms with Crippen LogP contribution in [0.2, 0.25) is 0 Å².